The van der Waals surface area contributed by atoms with Crippen molar-refractivity contribution in [3.05, 3.63) is 46.2 Å². The number of halogens is 1. The Labute approximate surface area is 123 Å². The Morgan fingerprint density at radius 1 is 1.30 bits per heavy atom. The standard InChI is InChI=1S/C14H10BrN5/c1-8-12(9-2-4-11(15)5-3-9)14-18-7-10(6-16)13(17)20(14)19-8/h2-5,7H,17H2,1H3. The van der Waals surface area contributed by atoms with Crippen LogP contribution < -0.4 is 5.73 Å². The fourth-order valence-electron chi connectivity index (χ4n) is 2.15. The lowest BCUT2D eigenvalue weighted by molar-refractivity contribution is 0.925. The molecule has 1 aromatic carbocycles. The third-order valence-corrected chi connectivity index (χ3v) is 3.64. The molecule has 0 amide bonds. The molecule has 0 bridgehead atoms. The highest BCUT2D eigenvalue weighted by molar-refractivity contribution is 9.10. The largest absolute Gasteiger partial charge is 0.382 e. The smallest absolute Gasteiger partial charge is 0.165 e. The van der Waals surface area contributed by atoms with E-state index in [2.05, 4.69) is 26.0 Å². The van der Waals surface area contributed by atoms with E-state index in [1.165, 1.54) is 10.7 Å². The first-order chi connectivity index (χ1) is 9.61. The van der Waals surface area contributed by atoms with Gasteiger partial charge in [0.2, 0.25) is 0 Å². The summed E-state index contributed by atoms with van der Waals surface area (Å²) in [5.41, 5.74) is 9.68. The van der Waals surface area contributed by atoms with E-state index >= 15 is 0 Å². The van der Waals surface area contributed by atoms with Crippen LogP contribution in [0.4, 0.5) is 5.82 Å². The number of nitrogens with two attached hydrogens (primary N) is 1. The Balaban J connectivity index is 2.32. The fourth-order valence-corrected chi connectivity index (χ4v) is 2.41. The Morgan fingerprint density at radius 2 is 2.00 bits per heavy atom. The zero-order chi connectivity index (χ0) is 14.3. The second-order valence-electron chi connectivity index (χ2n) is 4.37. The molecule has 2 aromatic heterocycles. The van der Waals surface area contributed by atoms with E-state index in [-0.39, 0.29) is 0 Å². The van der Waals surface area contributed by atoms with Crippen LogP contribution in [0.5, 0.6) is 0 Å². The topological polar surface area (TPSA) is 80.0 Å². The van der Waals surface area contributed by atoms with Crippen molar-refractivity contribution in [3.63, 3.8) is 0 Å². The Kier molecular flexibility index (Phi) is 2.92. The number of benzene rings is 1. The number of nitriles is 1. The van der Waals surface area contributed by atoms with Gasteiger partial charge in [0, 0.05) is 10.0 Å². The van der Waals surface area contributed by atoms with Crippen LogP contribution in [0.25, 0.3) is 16.8 Å². The minimum absolute atomic E-state index is 0.309. The molecule has 0 unspecified atom stereocenters. The number of hydrogen-bond acceptors (Lipinski definition) is 4. The molecule has 0 saturated heterocycles. The van der Waals surface area contributed by atoms with Gasteiger partial charge in [0.15, 0.2) is 5.65 Å². The van der Waals surface area contributed by atoms with Crippen molar-refractivity contribution in [2.24, 2.45) is 0 Å². The van der Waals surface area contributed by atoms with Gasteiger partial charge in [-0.3, -0.25) is 0 Å². The summed E-state index contributed by atoms with van der Waals surface area (Å²) in [5.74, 6) is 0.309. The Hall–Kier alpha value is -2.39. The summed E-state index contributed by atoms with van der Waals surface area (Å²) < 4.78 is 2.53. The van der Waals surface area contributed by atoms with Gasteiger partial charge in [0.25, 0.3) is 0 Å². The first kappa shape index (κ1) is 12.6. The highest BCUT2D eigenvalue weighted by atomic mass is 79.9. The van der Waals surface area contributed by atoms with Gasteiger partial charge < -0.3 is 5.73 Å². The maximum atomic E-state index is 8.99. The maximum Gasteiger partial charge on any atom is 0.165 e. The van der Waals surface area contributed by atoms with Crippen LogP contribution in [-0.2, 0) is 0 Å². The minimum atomic E-state index is 0.309. The van der Waals surface area contributed by atoms with Crippen molar-refractivity contribution in [1.29, 1.82) is 5.26 Å². The van der Waals surface area contributed by atoms with E-state index in [0.717, 1.165) is 21.3 Å². The molecule has 3 aromatic rings. The molecule has 0 radical (unpaired) electrons. The predicted molar refractivity (Wildman–Crippen MR) is 80.0 cm³/mol. The molecule has 2 heterocycles. The summed E-state index contributed by atoms with van der Waals surface area (Å²) in [6.07, 6.45) is 1.48. The molecule has 0 aliphatic heterocycles. The maximum absolute atomic E-state index is 8.99. The van der Waals surface area contributed by atoms with Gasteiger partial charge in [-0.1, -0.05) is 28.1 Å². The summed E-state index contributed by atoms with van der Waals surface area (Å²) in [5, 5.41) is 13.4. The van der Waals surface area contributed by atoms with Crippen LogP contribution in [-0.4, -0.2) is 14.6 Å². The highest BCUT2D eigenvalue weighted by Gasteiger charge is 2.16. The SMILES string of the molecule is Cc1nn2c(N)c(C#N)cnc2c1-c1ccc(Br)cc1. The minimum Gasteiger partial charge on any atom is -0.382 e. The van der Waals surface area contributed by atoms with Crippen LogP contribution in [0.1, 0.15) is 11.3 Å². The molecule has 5 nitrogen and oxygen atoms in total. The summed E-state index contributed by atoms with van der Waals surface area (Å²) in [7, 11) is 0. The van der Waals surface area contributed by atoms with Gasteiger partial charge in [-0.25, -0.2) is 4.98 Å². The van der Waals surface area contributed by atoms with Gasteiger partial charge in [-0.05, 0) is 24.6 Å². The summed E-state index contributed by atoms with van der Waals surface area (Å²) in [6.45, 7) is 1.90. The summed E-state index contributed by atoms with van der Waals surface area (Å²) in [4.78, 5) is 4.32. The van der Waals surface area contributed by atoms with Gasteiger partial charge in [0.05, 0.1) is 11.9 Å². The monoisotopic (exact) mass is 327 g/mol. The van der Waals surface area contributed by atoms with Crippen molar-refractivity contribution in [1.82, 2.24) is 14.6 Å². The average molecular weight is 328 g/mol. The molecule has 0 saturated carbocycles. The fraction of sp³-hybridized carbons (Fsp3) is 0.0714. The molecular weight excluding hydrogens is 318 g/mol. The van der Waals surface area contributed by atoms with E-state index in [9.17, 15) is 0 Å². The first-order valence-corrected chi connectivity index (χ1v) is 6.71. The zero-order valence-electron chi connectivity index (χ0n) is 10.6. The number of aryl methyl sites for hydroxylation is 1. The van der Waals surface area contributed by atoms with Crippen LogP contribution in [0, 0.1) is 18.3 Å². The number of hydrogen-bond donors (Lipinski definition) is 1. The van der Waals surface area contributed by atoms with E-state index in [4.69, 9.17) is 11.0 Å². The lowest BCUT2D eigenvalue weighted by Gasteiger charge is -2.02. The third kappa shape index (κ3) is 1.84. The lowest BCUT2D eigenvalue weighted by atomic mass is 10.1. The van der Waals surface area contributed by atoms with Crippen molar-refractivity contribution in [3.8, 4) is 17.2 Å². The van der Waals surface area contributed by atoms with Gasteiger partial charge in [0.1, 0.15) is 17.5 Å². The summed E-state index contributed by atoms with van der Waals surface area (Å²) in [6, 6.07) is 9.92. The highest BCUT2D eigenvalue weighted by Crippen LogP contribution is 2.29. The van der Waals surface area contributed by atoms with E-state index in [0.29, 0.717) is 17.0 Å². The van der Waals surface area contributed by atoms with Gasteiger partial charge in [-0.2, -0.15) is 14.9 Å². The van der Waals surface area contributed by atoms with Crippen molar-refractivity contribution in [2.75, 3.05) is 5.73 Å². The molecule has 3 rings (SSSR count). The average Bonchev–Trinajstić information content (AvgIpc) is 2.78. The molecular formula is C14H10BrN5. The van der Waals surface area contributed by atoms with Crippen LogP contribution in [0.2, 0.25) is 0 Å². The van der Waals surface area contributed by atoms with E-state index in [1.807, 2.05) is 37.3 Å². The van der Waals surface area contributed by atoms with Crippen LogP contribution >= 0.6 is 15.9 Å². The first-order valence-electron chi connectivity index (χ1n) is 5.91. The van der Waals surface area contributed by atoms with E-state index in [1.54, 1.807) is 0 Å². The molecule has 0 aliphatic rings. The second-order valence-corrected chi connectivity index (χ2v) is 5.29. The molecule has 2 N–H and O–H groups in total. The zero-order valence-corrected chi connectivity index (χ0v) is 12.2. The van der Waals surface area contributed by atoms with Crippen molar-refractivity contribution >= 4 is 27.4 Å². The second kappa shape index (κ2) is 4.62. The normalized spacial score (nSPS) is 10.7. The third-order valence-electron chi connectivity index (χ3n) is 3.11. The number of fused-ring (bicyclic) bond motifs is 1. The molecule has 0 aliphatic carbocycles. The van der Waals surface area contributed by atoms with Crippen LogP contribution in [0.3, 0.4) is 0 Å². The quantitative estimate of drug-likeness (QED) is 0.745. The molecule has 0 fully saturated rings. The number of rotatable bonds is 1. The van der Waals surface area contributed by atoms with Gasteiger partial charge >= 0.3 is 0 Å². The molecule has 98 valence electrons. The number of nitrogens with zero attached hydrogens (tertiary/aromatic N) is 4. The predicted octanol–water partition coefficient (Wildman–Crippen LogP) is 2.92. The number of nitrogen functional groups attached to an aromatic ring is 1. The number of anilines is 1. The van der Waals surface area contributed by atoms with Gasteiger partial charge in [-0.15, -0.1) is 0 Å². The Morgan fingerprint density at radius 3 is 2.65 bits per heavy atom. The van der Waals surface area contributed by atoms with Crippen molar-refractivity contribution in [2.45, 2.75) is 6.92 Å². The van der Waals surface area contributed by atoms with E-state index < -0.39 is 0 Å². The van der Waals surface area contributed by atoms with Crippen molar-refractivity contribution < 1.29 is 0 Å². The molecule has 20 heavy (non-hydrogen) atoms. The molecule has 6 heteroatoms. The molecule has 0 atom stereocenters. The number of aromatic nitrogens is 3. The lowest BCUT2D eigenvalue weighted by Crippen LogP contribution is -2.03. The molecule has 0 spiro atoms. The van der Waals surface area contributed by atoms with Crippen LogP contribution in [0.15, 0.2) is 34.9 Å². The Bertz CT molecular complexity index is 843. The summed E-state index contributed by atoms with van der Waals surface area (Å²) >= 11 is 3.41.